The van der Waals surface area contributed by atoms with Crippen LogP contribution < -0.4 is 0 Å². The summed E-state index contributed by atoms with van der Waals surface area (Å²) in [5.74, 6) is -0.0206. The van der Waals surface area contributed by atoms with Crippen LogP contribution in [0.25, 0.3) is 10.9 Å². The summed E-state index contributed by atoms with van der Waals surface area (Å²) in [5, 5.41) is 10.2. The number of benzene rings is 1. The molecule has 5 heteroatoms. The predicted molar refractivity (Wildman–Crippen MR) is 74.8 cm³/mol. The fourth-order valence-electron chi connectivity index (χ4n) is 1.90. The summed E-state index contributed by atoms with van der Waals surface area (Å²) >= 11 is 5.97. The van der Waals surface area contributed by atoms with Crippen molar-refractivity contribution in [1.29, 1.82) is 5.26 Å². The van der Waals surface area contributed by atoms with Crippen LogP contribution in [0.2, 0.25) is 5.02 Å². The van der Waals surface area contributed by atoms with Crippen LogP contribution in [0, 0.1) is 11.3 Å². The molecule has 0 N–H and O–H groups in total. The summed E-state index contributed by atoms with van der Waals surface area (Å²) in [6.45, 7) is 0.709. The lowest BCUT2D eigenvalue weighted by molar-refractivity contribution is -0.130. The van der Waals surface area contributed by atoms with Crippen LogP contribution in [-0.4, -0.2) is 29.0 Å². The number of nitrogens with zero attached hydrogens (tertiary/aromatic N) is 3. The molecule has 0 saturated carbocycles. The van der Waals surface area contributed by atoms with E-state index in [1.165, 1.54) is 0 Å². The molecule has 1 aromatic carbocycles. The molecule has 0 unspecified atom stereocenters. The summed E-state index contributed by atoms with van der Waals surface area (Å²) in [6, 6.07) is 9.59. The van der Waals surface area contributed by atoms with Crippen LogP contribution >= 0.6 is 11.6 Å². The van der Waals surface area contributed by atoms with Gasteiger partial charge in [0.05, 0.1) is 12.5 Å². The number of hydrogen-bond donors (Lipinski definition) is 0. The number of hydrogen-bond acceptors (Lipinski definition) is 2. The Hall–Kier alpha value is -1.99. The van der Waals surface area contributed by atoms with Crippen LogP contribution in [0.5, 0.6) is 0 Å². The second-order valence-electron chi connectivity index (χ2n) is 4.37. The molecule has 1 amide bonds. The predicted octanol–water partition coefficient (Wildman–Crippen LogP) is 2.67. The number of rotatable bonds is 4. The molecule has 2 aromatic rings. The number of likely N-dealkylation sites (N-methyl/N-ethyl adjacent to an activating group) is 1. The van der Waals surface area contributed by atoms with E-state index in [9.17, 15) is 4.79 Å². The van der Waals surface area contributed by atoms with Crippen molar-refractivity contribution in [3.05, 3.63) is 35.5 Å². The molecule has 98 valence electrons. The number of nitriles is 1. The van der Waals surface area contributed by atoms with Gasteiger partial charge in [-0.2, -0.15) is 5.26 Å². The monoisotopic (exact) mass is 275 g/mol. The number of fused-ring (bicyclic) bond motifs is 1. The van der Waals surface area contributed by atoms with Gasteiger partial charge in [-0.25, -0.2) is 0 Å². The van der Waals surface area contributed by atoms with Gasteiger partial charge in [-0.1, -0.05) is 17.7 Å². The number of carbonyl (C=O) groups is 1. The number of aromatic nitrogens is 1. The molecule has 4 nitrogen and oxygen atoms in total. The SMILES string of the molecule is CN(CCC#N)C(=O)Cn1ccc2ccc(Cl)cc21. The smallest absolute Gasteiger partial charge is 0.242 e. The molecule has 0 atom stereocenters. The van der Waals surface area contributed by atoms with E-state index in [1.807, 2.05) is 41.1 Å². The molecule has 0 aliphatic carbocycles. The van der Waals surface area contributed by atoms with Crippen LogP contribution in [-0.2, 0) is 11.3 Å². The van der Waals surface area contributed by atoms with Gasteiger partial charge >= 0.3 is 0 Å². The maximum atomic E-state index is 12.0. The lowest BCUT2D eigenvalue weighted by atomic mass is 10.2. The third kappa shape index (κ3) is 3.07. The van der Waals surface area contributed by atoms with Crippen LogP contribution in [0.15, 0.2) is 30.5 Å². The van der Waals surface area contributed by atoms with Crippen LogP contribution in [0.3, 0.4) is 0 Å². The van der Waals surface area contributed by atoms with E-state index >= 15 is 0 Å². The molecule has 0 aliphatic heterocycles. The second-order valence-corrected chi connectivity index (χ2v) is 4.81. The van der Waals surface area contributed by atoms with E-state index in [4.69, 9.17) is 16.9 Å². The van der Waals surface area contributed by atoms with Gasteiger partial charge in [0.25, 0.3) is 0 Å². The van der Waals surface area contributed by atoms with Crippen molar-refractivity contribution in [3.63, 3.8) is 0 Å². The zero-order chi connectivity index (χ0) is 13.8. The summed E-state index contributed by atoms with van der Waals surface area (Å²) < 4.78 is 1.87. The standard InChI is InChI=1S/C14H14ClN3O/c1-17(7-2-6-16)14(19)10-18-8-5-11-3-4-12(15)9-13(11)18/h3-5,8-9H,2,7,10H2,1H3. The fraction of sp³-hybridized carbons (Fsp3) is 0.286. The Morgan fingerprint density at radius 2 is 2.26 bits per heavy atom. The third-order valence-corrected chi connectivity index (χ3v) is 3.26. The highest BCUT2D eigenvalue weighted by molar-refractivity contribution is 6.31. The summed E-state index contributed by atoms with van der Waals surface area (Å²) in [5.41, 5.74) is 0.939. The van der Waals surface area contributed by atoms with E-state index < -0.39 is 0 Å². The second kappa shape index (κ2) is 5.77. The average molecular weight is 276 g/mol. The lowest BCUT2D eigenvalue weighted by Gasteiger charge is -2.16. The van der Waals surface area contributed by atoms with E-state index in [2.05, 4.69) is 0 Å². The summed E-state index contributed by atoms with van der Waals surface area (Å²) in [7, 11) is 1.71. The molecular formula is C14H14ClN3O. The van der Waals surface area contributed by atoms with E-state index in [-0.39, 0.29) is 12.5 Å². The molecule has 1 heterocycles. The minimum atomic E-state index is -0.0206. The Kier molecular flexibility index (Phi) is 4.08. The normalized spacial score (nSPS) is 10.4. The van der Waals surface area contributed by atoms with E-state index in [0.29, 0.717) is 18.0 Å². The van der Waals surface area contributed by atoms with Gasteiger partial charge in [0.15, 0.2) is 0 Å². The zero-order valence-electron chi connectivity index (χ0n) is 10.6. The quantitative estimate of drug-likeness (QED) is 0.861. The minimum Gasteiger partial charge on any atom is -0.343 e. The first-order valence-corrected chi connectivity index (χ1v) is 6.35. The molecule has 0 bridgehead atoms. The topological polar surface area (TPSA) is 49.0 Å². The maximum Gasteiger partial charge on any atom is 0.242 e. The molecule has 1 aromatic heterocycles. The Labute approximate surface area is 116 Å². The van der Waals surface area contributed by atoms with Gasteiger partial charge in [-0.05, 0) is 23.6 Å². The van der Waals surface area contributed by atoms with Crippen molar-refractivity contribution < 1.29 is 4.79 Å². The van der Waals surface area contributed by atoms with Crippen molar-refractivity contribution in [2.24, 2.45) is 0 Å². The minimum absolute atomic E-state index is 0.0206. The van der Waals surface area contributed by atoms with Gasteiger partial charge in [0, 0.05) is 30.3 Å². The molecule has 0 aliphatic rings. The largest absolute Gasteiger partial charge is 0.343 e. The van der Waals surface area contributed by atoms with Gasteiger partial charge in [0.2, 0.25) is 5.91 Å². The van der Waals surface area contributed by atoms with Gasteiger partial charge in [0.1, 0.15) is 6.54 Å². The van der Waals surface area contributed by atoms with Gasteiger partial charge < -0.3 is 9.47 Å². The molecule has 0 fully saturated rings. The Balaban J connectivity index is 2.15. The Morgan fingerprint density at radius 3 is 3.00 bits per heavy atom. The zero-order valence-corrected chi connectivity index (χ0v) is 11.4. The maximum absolute atomic E-state index is 12.0. The molecule has 0 spiro atoms. The number of carbonyl (C=O) groups excluding carboxylic acids is 1. The summed E-state index contributed by atoms with van der Waals surface area (Å²) in [6.07, 6.45) is 2.22. The van der Waals surface area contributed by atoms with Crippen molar-refractivity contribution >= 4 is 28.4 Å². The highest BCUT2D eigenvalue weighted by Crippen LogP contribution is 2.20. The summed E-state index contributed by atoms with van der Waals surface area (Å²) in [4.78, 5) is 13.6. The Bertz CT molecular complexity index is 642. The molecule has 0 radical (unpaired) electrons. The molecular weight excluding hydrogens is 262 g/mol. The fourth-order valence-corrected chi connectivity index (χ4v) is 2.07. The van der Waals surface area contributed by atoms with Crippen molar-refractivity contribution in [1.82, 2.24) is 9.47 Å². The van der Waals surface area contributed by atoms with Crippen LogP contribution in [0.1, 0.15) is 6.42 Å². The first kappa shape index (κ1) is 13.4. The third-order valence-electron chi connectivity index (χ3n) is 3.03. The van der Waals surface area contributed by atoms with Crippen molar-refractivity contribution in [2.45, 2.75) is 13.0 Å². The van der Waals surface area contributed by atoms with E-state index in [1.54, 1.807) is 11.9 Å². The van der Waals surface area contributed by atoms with Gasteiger partial charge in [-0.3, -0.25) is 4.79 Å². The lowest BCUT2D eigenvalue weighted by Crippen LogP contribution is -2.30. The molecule has 2 rings (SSSR count). The van der Waals surface area contributed by atoms with Crippen LogP contribution in [0.4, 0.5) is 0 Å². The van der Waals surface area contributed by atoms with E-state index in [0.717, 1.165) is 10.9 Å². The first-order valence-electron chi connectivity index (χ1n) is 5.97. The highest BCUT2D eigenvalue weighted by atomic mass is 35.5. The first-order chi connectivity index (χ1) is 9.11. The van der Waals surface area contributed by atoms with Gasteiger partial charge in [-0.15, -0.1) is 0 Å². The van der Waals surface area contributed by atoms with Crippen molar-refractivity contribution in [3.8, 4) is 6.07 Å². The Morgan fingerprint density at radius 1 is 1.47 bits per heavy atom. The molecule has 0 saturated heterocycles. The average Bonchev–Trinajstić information content (AvgIpc) is 2.78. The number of amides is 1. The van der Waals surface area contributed by atoms with Crippen molar-refractivity contribution in [2.75, 3.05) is 13.6 Å². The highest BCUT2D eigenvalue weighted by Gasteiger charge is 2.10. The molecule has 19 heavy (non-hydrogen) atoms. The number of halogens is 1.